The Morgan fingerprint density at radius 2 is 2.19 bits per heavy atom. The summed E-state index contributed by atoms with van der Waals surface area (Å²) in [4.78, 5) is 9.87. The van der Waals surface area contributed by atoms with E-state index in [2.05, 4.69) is 20.2 Å². The third-order valence-electron chi connectivity index (χ3n) is 2.09. The number of aromatic nitrogens is 4. The maximum Gasteiger partial charge on any atom is 0.200 e. The van der Waals surface area contributed by atoms with Gasteiger partial charge in [-0.15, -0.1) is 22.7 Å². The summed E-state index contributed by atoms with van der Waals surface area (Å²) in [6, 6.07) is 4.01. The minimum absolute atomic E-state index is 0.660. The second-order valence-electron chi connectivity index (χ2n) is 3.24. The van der Waals surface area contributed by atoms with Crippen molar-refractivity contribution < 1.29 is 0 Å². The van der Waals surface area contributed by atoms with Crippen molar-refractivity contribution in [2.45, 2.75) is 6.92 Å². The summed E-state index contributed by atoms with van der Waals surface area (Å²) >= 11 is 3.24. The molecule has 0 aliphatic rings. The fourth-order valence-corrected chi connectivity index (χ4v) is 2.62. The fraction of sp³-hybridized carbons (Fsp3) is 0.100. The molecule has 3 aromatic rings. The van der Waals surface area contributed by atoms with E-state index in [0.29, 0.717) is 5.82 Å². The first-order chi connectivity index (χ1) is 7.83. The molecule has 16 heavy (non-hydrogen) atoms. The van der Waals surface area contributed by atoms with Crippen LogP contribution in [0.2, 0.25) is 0 Å². The van der Waals surface area contributed by atoms with Crippen LogP contribution in [0.1, 0.15) is 5.01 Å². The maximum atomic E-state index is 4.42. The van der Waals surface area contributed by atoms with Gasteiger partial charge in [0.2, 0.25) is 5.82 Å². The molecule has 0 atom stereocenters. The number of rotatable bonds is 2. The Hall–Kier alpha value is -1.53. The zero-order valence-electron chi connectivity index (χ0n) is 8.47. The van der Waals surface area contributed by atoms with E-state index in [1.165, 1.54) is 0 Å². The van der Waals surface area contributed by atoms with Crippen molar-refractivity contribution in [1.29, 1.82) is 0 Å². The van der Waals surface area contributed by atoms with E-state index >= 15 is 0 Å². The molecule has 6 heteroatoms. The van der Waals surface area contributed by atoms with Gasteiger partial charge in [0.05, 0.1) is 9.88 Å². The molecule has 3 aromatic heterocycles. The second-order valence-corrected chi connectivity index (χ2v) is 5.25. The molecule has 0 amide bonds. The first-order valence-electron chi connectivity index (χ1n) is 4.72. The van der Waals surface area contributed by atoms with E-state index < -0.39 is 0 Å². The SMILES string of the molecule is Cc1nc(-c2n[nH]c(-c3cccs3)n2)cs1. The monoisotopic (exact) mass is 248 g/mol. The van der Waals surface area contributed by atoms with E-state index in [-0.39, 0.29) is 0 Å². The normalized spacial score (nSPS) is 10.8. The van der Waals surface area contributed by atoms with E-state index in [4.69, 9.17) is 0 Å². The van der Waals surface area contributed by atoms with Crippen molar-refractivity contribution in [3.05, 3.63) is 27.9 Å². The smallest absolute Gasteiger partial charge is 0.200 e. The molecule has 0 bridgehead atoms. The molecule has 4 nitrogen and oxygen atoms in total. The van der Waals surface area contributed by atoms with Gasteiger partial charge in [-0.05, 0) is 18.4 Å². The average Bonchev–Trinajstić information content (AvgIpc) is 2.97. The number of nitrogens with zero attached hydrogens (tertiary/aromatic N) is 3. The van der Waals surface area contributed by atoms with Crippen molar-refractivity contribution in [3.63, 3.8) is 0 Å². The molecule has 0 saturated heterocycles. The number of aromatic amines is 1. The van der Waals surface area contributed by atoms with Crippen LogP contribution in [0.5, 0.6) is 0 Å². The van der Waals surface area contributed by atoms with Crippen molar-refractivity contribution in [1.82, 2.24) is 20.2 Å². The largest absolute Gasteiger partial charge is 0.258 e. The van der Waals surface area contributed by atoms with Crippen molar-refractivity contribution in [2.24, 2.45) is 0 Å². The van der Waals surface area contributed by atoms with E-state index in [1.807, 2.05) is 29.8 Å². The van der Waals surface area contributed by atoms with Crippen LogP contribution in [0.4, 0.5) is 0 Å². The highest BCUT2D eigenvalue weighted by Crippen LogP contribution is 2.24. The van der Waals surface area contributed by atoms with Crippen molar-refractivity contribution in [2.75, 3.05) is 0 Å². The van der Waals surface area contributed by atoms with Gasteiger partial charge >= 0.3 is 0 Å². The molecule has 0 aromatic carbocycles. The van der Waals surface area contributed by atoms with Crippen molar-refractivity contribution in [3.8, 4) is 22.2 Å². The quantitative estimate of drug-likeness (QED) is 0.758. The van der Waals surface area contributed by atoms with Crippen LogP contribution in [0.25, 0.3) is 22.2 Å². The molecule has 0 unspecified atom stereocenters. The molecule has 0 radical (unpaired) electrons. The maximum absolute atomic E-state index is 4.42. The van der Waals surface area contributed by atoms with Gasteiger partial charge in [0, 0.05) is 5.38 Å². The molecule has 0 fully saturated rings. The predicted octanol–water partition coefficient (Wildman–Crippen LogP) is 2.97. The Bertz CT molecular complexity index is 594. The zero-order valence-corrected chi connectivity index (χ0v) is 10.1. The molecule has 0 spiro atoms. The molecule has 0 aliphatic carbocycles. The molecular formula is C10H8N4S2. The van der Waals surface area contributed by atoms with Crippen LogP contribution < -0.4 is 0 Å². The third kappa shape index (κ3) is 1.66. The van der Waals surface area contributed by atoms with Crippen LogP contribution >= 0.6 is 22.7 Å². The molecule has 1 N–H and O–H groups in total. The minimum Gasteiger partial charge on any atom is -0.258 e. The number of H-pyrrole nitrogens is 1. The predicted molar refractivity (Wildman–Crippen MR) is 65.5 cm³/mol. The van der Waals surface area contributed by atoms with Gasteiger partial charge in [-0.2, -0.15) is 5.10 Å². The van der Waals surface area contributed by atoms with Gasteiger partial charge < -0.3 is 0 Å². The molecular weight excluding hydrogens is 240 g/mol. The lowest BCUT2D eigenvalue weighted by Gasteiger charge is -1.86. The minimum atomic E-state index is 0.660. The number of hydrogen-bond acceptors (Lipinski definition) is 5. The standard InChI is InChI=1S/C10H8N4S2/c1-6-11-7(5-16-6)9-12-10(14-13-9)8-3-2-4-15-8/h2-5H,1H3,(H,12,13,14). The number of aryl methyl sites for hydroxylation is 1. The van der Waals surface area contributed by atoms with Crippen LogP contribution in [0.15, 0.2) is 22.9 Å². The van der Waals surface area contributed by atoms with E-state index in [0.717, 1.165) is 21.4 Å². The van der Waals surface area contributed by atoms with Crippen molar-refractivity contribution >= 4 is 22.7 Å². The van der Waals surface area contributed by atoms with Gasteiger partial charge in [0.25, 0.3) is 0 Å². The number of hydrogen-bond donors (Lipinski definition) is 1. The van der Waals surface area contributed by atoms with Gasteiger partial charge in [-0.25, -0.2) is 9.97 Å². The Kier molecular flexibility index (Phi) is 2.30. The zero-order chi connectivity index (χ0) is 11.0. The van der Waals surface area contributed by atoms with Gasteiger partial charge in [0.15, 0.2) is 5.82 Å². The van der Waals surface area contributed by atoms with Gasteiger partial charge in [0.1, 0.15) is 5.69 Å². The average molecular weight is 248 g/mol. The highest BCUT2D eigenvalue weighted by molar-refractivity contribution is 7.13. The third-order valence-corrected chi connectivity index (χ3v) is 3.74. The summed E-state index contributed by atoms with van der Waals surface area (Å²) in [5.41, 5.74) is 0.835. The van der Waals surface area contributed by atoms with Gasteiger partial charge in [-0.1, -0.05) is 6.07 Å². The Labute approximate surface area is 100 Å². The topological polar surface area (TPSA) is 54.5 Å². The molecule has 80 valence electrons. The molecule has 0 saturated carbocycles. The lowest BCUT2D eigenvalue weighted by molar-refractivity contribution is 1.09. The number of nitrogens with one attached hydrogen (secondary N) is 1. The highest BCUT2D eigenvalue weighted by Gasteiger charge is 2.10. The Morgan fingerprint density at radius 3 is 2.88 bits per heavy atom. The van der Waals surface area contributed by atoms with Crippen LogP contribution in [-0.4, -0.2) is 20.2 Å². The lowest BCUT2D eigenvalue weighted by atomic mass is 10.4. The summed E-state index contributed by atoms with van der Waals surface area (Å²) in [6.07, 6.45) is 0. The molecule has 3 heterocycles. The van der Waals surface area contributed by atoms with Crippen LogP contribution in [-0.2, 0) is 0 Å². The Morgan fingerprint density at radius 1 is 1.25 bits per heavy atom. The lowest BCUT2D eigenvalue weighted by Crippen LogP contribution is -1.80. The van der Waals surface area contributed by atoms with Crippen LogP contribution in [0.3, 0.4) is 0 Å². The second kappa shape index (κ2) is 3.80. The van der Waals surface area contributed by atoms with Gasteiger partial charge in [-0.3, -0.25) is 5.10 Å². The summed E-state index contributed by atoms with van der Waals surface area (Å²) in [7, 11) is 0. The summed E-state index contributed by atoms with van der Waals surface area (Å²) < 4.78 is 0. The number of thiophene rings is 1. The first-order valence-corrected chi connectivity index (χ1v) is 6.47. The summed E-state index contributed by atoms with van der Waals surface area (Å²) in [5.74, 6) is 1.46. The molecule has 0 aliphatic heterocycles. The molecule has 3 rings (SSSR count). The van der Waals surface area contributed by atoms with E-state index in [1.54, 1.807) is 22.7 Å². The number of thiazole rings is 1. The highest BCUT2D eigenvalue weighted by atomic mass is 32.1. The van der Waals surface area contributed by atoms with Crippen LogP contribution in [0, 0.1) is 6.92 Å². The first kappa shape index (κ1) is 9.68. The Balaban J connectivity index is 2.00. The summed E-state index contributed by atoms with van der Waals surface area (Å²) in [6.45, 7) is 1.97. The van der Waals surface area contributed by atoms with E-state index in [9.17, 15) is 0 Å². The fourth-order valence-electron chi connectivity index (χ4n) is 1.37. The summed E-state index contributed by atoms with van der Waals surface area (Å²) in [5, 5.41) is 12.1.